The molecule has 3 heterocycles. The number of nitrogens with zero attached hydrogens (tertiary/aromatic N) is 3. The maximum absolute atomic E-state index is 4.61. The Bertz CT molecular complexity index is 445. The van der Waals surface area contributed by atoms with E-state index >= 15 is 0 Å². The van der Waals surface area contributed by atoms with Crippen molar-refractivity contribution in [3.05, 3.63) is 23.4 Å². The van der Waals surface area contributed by atoms with E-state index in [1.54, 1.807) is 0 Å². The first-order valence-corrected chi connectivity index (χ1v) is 6.60. The Morgan fingerprint density at radius 1 is 1.18 bits per heavy atom. The van der Waals surface area contributed by atoms with E-state index in [-0.39, 0.29) is 0 Å². The summed E-state index contributed by atoms with van der Waals surface area (Å²) >= 11 is 0. The number of aryl methyl sites for hydroxylation is 1. The van der Waals surface area contributed by atoms with Gasteiger partial charge in [0.05, 0.1) is 0 Å². The first kappa shape index (κ1) is 10.8. The van der Waals surface area contributed by atoms with Crippen LogP contribution in [0.2, 0.25) is 0 Å². The molecular weight excluding hydrogens is 210 g/mol. The molecule has 0 aromatic carbocycles. The van der Waals surface area contributed by atoms with Crippen LogP contribution in [0, 0.1) is 6.92 Å². The molecule has 0 bridgehead atoms. The van der Waals surface area contributed by atoms with Gasteiger partial charge in [-0.25, -0.2) is 4.98 Å². The fraction of sp³-hybridized carbons (Fsp3) is 0.571. The zero-order valence-corrected chi connectivity index (χ0v) is 10.4. The molecule has 1 aromatic rings. The Balaban J connectivity index is 1.88. The van der Waals surface area contributed by atoms with Crippen LogP contribution in [0.4, 0.5) is 5.82 Å². The molecule has 2 aliphatic rings. The fourth-order valence-corrected chi connectivity index (χ4v) is 2.72. The van der Waals surface area contributed by atoms with Crippen molar-refractivity contribution in [3.63, 3.8) is 0 Å². The summed E-state index contributed by atoms with van der Waals surface area (Å²) in [7, 11) is 0. The van der Waals surface area contributed by atoms with Gasteiger partial charge in [-0.3, -0.25) is 4.99 Å². The van der Waals surface area contributed by atoms with Gasteiger partial charge in [0.15, 0.2) is 0 Å². The van der Waals surface area contributed by atoms with Gasteiger partial charge in [-0.1, -0.05) is 0 Å². The maximum atomic E-state index is 4.61. The second-order valence-corrected chi connectivity index (χ2v) is 4.98. The zero-order chi connectivity index (χ0) is 11.7. The van der Waals surface area contributed by atoms with Gasteiger partial charge in [-0.2, -0.15) is 0 Å². The number of aliphatic imine (C=N–C) groups is 1. The summed E-state index contributed by atoms with van der Waals surface area (Å²) in [5.41, 5.74) is 3.83. The largest absolute Gasteiger partial charge is 0.357 e. The van der Waals surface area contributed by atoms with Crippen molar-refractivity contribution in [2.75, 3.05) is 24.5 Å². The molecule has 1 fully saturated rings. The molecule has 3 heteroatoms. The quantitative estimate of drug-likeness (QED) is 0.779. The van der Waals surface area contributed by atoms with Crippen LogP contribution in [0.3, 0.4) is 0 Å². The van der Waals surface area contributed by atoms with E-state index in [0.29, 0.717) is 0 Å². The van der Waals surface area contributed by atoms with Crippen LogP contribution in [0.15, 0.2) is 17.3 Å². The third-order valence-electron chi connectivity index (χ3n) is 3.71. The van der Waals surface area contributed by atoms with Crippen LogP contribution in [0.1, 0.15) is 36.8 Å². The molecule has 17 heavy (non-hydrogen) atoms. The lowest BCUT2D eigenvalue weighted by molar-refractivity contribution is 0.934. The lowest BCUT2D eigenvalue weighted by Gasteiger charge is -2.17. The van der Waals surface area contributed by atoms with Crippen molar-refractivity contribution in [3.8, 4) is 0 Å². The summed E-state index contributed by atoms with van der Waals surface area (Å²) < 4.78 is 0. The van der Waals surface area contributed by atoms with E-state index in [1.807, 2.05) is 6.20 Å². The molecule has 1 saturated heterocycles. The zero-order valence-electron chi connectivity index (χ0n) is 10.4. The van der Waals surface area contributed by atoms with E-state index in [9.17, 15) is 0 Å². The van der Waals surface area contributed by atoms with Crippen molar-refractivity contribution < 1.29 is 0 Å². The van der Waals surface area contributed by atoms with E-state index in [0.717, 1.165) is 31.9 Å². The average molecular weight is 229 g/mol. The molecule has 0 unspecified atom stereocenters. The smallest absolute Gasteiger partial charge is 0.128 e. The molecule has 0 spiro atoms. The molecule has 90 valence electrons. The van der Waals surface area contributed by atoms with E-state index in [4.69, 9.17) is 0 Å². The highest BCUT2D eigenvalue weighted by Crippen LogP contribution is 2.22. The lowest BCUT2D eigenvalue weighted by atomic mass is 10.0. The van der Waals surface area contributed by atoms with Crippen molar-refractivity contribution in [2.24, 2.45) is 4.99 Å². The van der Waals surface area contributed by atoms with Crippen molar-refractivity contribution >= 4 is 11.5 Å². The lowest BCUT2D eigenvalue weighted by Crippen LogP contribution is -2.19. The van der Waals surface area contributed by atoms with Crippen LogP contribution in [-0.2, 0) is 0 Å². The molecule has 0 aliphatic carbocycles. The molecule has 0 radical (unpaired) electrons. The van der Waals surface area contributed by atoms with E-state index < -0.39 is 0 Å². The van der Waals surface area contributed by atoms with Crippen molar-refractivity contribution in [1.82, 2.24) is 4.98 Å². The van der Waals surface area contributed by atoms with Gasteiger partial charge in [-0.05, 0) is 44.2 Å². The molecule has 0 N–H and O–H groups in total. The van der Waals surface area contributed by atoms with Crippen LogP contribution >= 0.6 is 0 Å². The Morgan fingerprint density at radius 3 is 2.65 bits per heavy atom. The summed E-state index contributed by atoms with van der Waals surface area (Å²) in [6, 6.07) is 2.22. The van der Waals surface area contributed by atoms with Crippen molar-refractivity contribution in [1.29, 1.82) is 0 Å². The van der Waals surface area contributed by atoms with Crippen LogP contribution < -0.4 is 4.90 Å². The van der Waals surface area contributed by atoms with Crippen LogP contribution in [0.5, 0.6) is 0 Å². The summed E-state index contributed by atoms with van der Waals surface area (Å²) in [6.45, 7) is 5.49. The van der Waals surface area contributed by atoms with Crippen LogP contribution in [-0.4, -0.2) is 30.3 Å². The number of aromatic nitrogens is 1. The molecule has 0 atom stereocenters. The molecular formula is C14H19N3. The van der Waals surface area contributed by atoms with Gasteiger partial charge in [0.2, 0.25) is 0 Å². The first-order valence-electron chi connectivity index (χ1n) is 6.60. The fourth-order valence-electron chi connectivity index (χ4n) is 2.72. The van der Waals surface area contributed by atoms with Crippen molar-refractivity contribution in [2.45, 2.75) is 32.6 Å². The number of pyridine rings is 1. The Kier molecular flexibility index (Phi) is 2.83. The van der Waals surface area contributed by atoms with Gasteiger partial charge >= 0.3 is 0 Å². The summed E-state index contributed by atoms with van der Waals surface area (Å²) in [4.78, 5) is 11.6. The highest BCUT2D eigenvalue weighted by atomic mass is 15.2. The standard InChI is InChI=1S/C14H19N3/c1-11-9-14(17-7-2-3-8-17)16-10-12(11)13-5-4-6-15-13/h9-10H,2-8H2,1H3. The molecule has 3 rings (SSSR count). The maximum Gasteiger partial charge on any atom is 0.128 e. The summed E-state index contributed by atoms with van der Waals surface area (Å²) in [5, 5.41) is 0. The van der Waals surface area contributed by atoms with E-state index in [2.05, 4.69) is 27.9 Å². The summed E-state index contributed by atoms with van der Waals surface area (Å²) in [6.07, 6.45) is 6.94. The SMILES string of the molecule is Cc1cc(N2CCCC2)ncc1C1=NCCC1. The number of hydrogen-bond donors (Lipinski definition) is 0. The van der Waals surface area contributed by atoms with Gasteiger partial charge in [0.25, 0.3) is 0 Å². The Morgan fingerprint density at radius 2 is 2.00 bits per heavy atom. The second-order valence-electron chi connectivity index (χ2n) is 4.98. The minimum absolute atomic E-state index is 0.989. The number of rotatable bonds is 2. The average Bonchev–Trinajstić information content (AvgIpc) is 3.02. The minimum atomic E-state index is 0.989. The highest BCUT2D eigenvalue weighted by molar-refractivity contribution is 6.02. The van der Waals surface area contributed by atoms with Gasteiger partial charge < -0.3 is 4.90 Å². The normalized spacial score (nSPS) is 19.8. The van der Waals surface area contributed by atoms with E-state index in [1.165, 1.54) is 36.1 Å². The molecule has 0 amide bonds. The van der Waals surface area contributed by atoms with Gasteiger partial charge in [0, 0.05) is 37.1 Å². The molecule has 1 aromatic heterocycles. The Labute approximate surface area is 103 Å². The molecule has 2 aliphatic heterocycles. The summed E-state index contributed by atoms with van der Waals surface area (Å²) in [5.74, 6) is 1.14. The van der Waals surface area contributed by atoms with Gasteiger partial charge in [-0.15, -0.1) is 0 Å². The molecule has 0 saturated carbocycles. The highest BCUT2D eigenvalue weighted by Gasteiger charge is 2.16. The monoisotopic (exact) mass is 229 g/mol. The second kappa shape index (κ2) is 4.47. The van der Waals surface area contributed by atoms with Gasteiger partial charge in [0.1, 0.15) is 5.82 Å². The predicted octanol–water partition coefficient (Wildman–Crippen LogP) is 2.57. The Hall–Kier alpha value is -1.38. The number of anilines is 1. The predicted molar refractivity (Wildman–Crippen MR) is 71.1 cm³/mol. The topological polar surface area (TPSA) is 28.5 Å². The molecule has 3 nitrogen and oxygen atoms in total. The number of hydrogen-bond acceptors (Lipinski definition) is 3. The van der Waals surface area contributed by atoms with Crippen LogP contribution in [0.25, 0.3) is 0 Å². The third kappa shape index (κ3) is 2.06. The minimum Gasteiger partial charge on any atom is -0.357 e. The first-order chi connectivity index (χ1) is 8.34. The third-order valence-corrected chi connectivity index (χ3v) is 3.71.